The fourth-order valence-electron chi connectivity index (χ4n) is 2.42. The number of halogens is 1. The molecule has 2 rings (SSSR count). The number of hydrogen-bond donors (Lipinski definition) is 1. The first-order valence-electron chi connectivity index (χ1n) is 7.49. The number of aromatic nitrogens is 1. The maximum Gasteiger partial charge on any atom is 0.342 e. The van der Waals surface area contributed by atoms with Crippen LogP contribution in [0.5, 0.6) is 0 Å². The Morgan fingerprint density at radius 2 is 1.83 bits per heavy atom. The number of nitrogens with zero attached hydrogens (tertiary/aromatic N) is 1. The second-order valence-corrected chi connectivity index (χ2v) is 6.01. The fraction of sp³-hybridized carbons (Fsp3) is 0.278. The van der Waals surface area contributed by atoms with Gasteiger partial charge in [-0.2, -0.15) is 0 Å². The molecule has 6 heteroatoms. The molecule has 0 aliphatic rings. The van der Waals surface area contributed by atoms with Crippen molar-refractivity contribution in [2.45, 2.75) is 33.8 Å². The van der Waals surface area contributed by atoms with Gasteiger partial charge in [0.15, 0.2) is 6.10 Å². The molecule has 126 valence electrons. The van der Waals surface area contributed by atoms with E-state index >= 15 is 0 Å². The summed E-state index contributed by atoms with van der Waals surface area (Å²) in [6.07, 6.45) is 0.506. The molecule has 0 bridgehead atoms. The molecule has 5 nitrogen and oxygen atoms in total. The number of benzene rings is 1. The minimum atomic E-state index is -0.964. The topological polar surface area (TPSA) is 68.3 Å². The summed E-state index contributed by atoms with van der Waals surface area (Å²) in [7, 11) is 0. The van der Waals surface area contributed by atoms with Crippen LogP contribution in [0.3, 0.4) is 0 Å². The van der Waals surface area contributed by atoms with Gasteiger partial charge in [-0.1, -0.05) is 29.3 Å². The van der Waals surface area contributed by atoms with Crippen molar-refractivity contribution in [1.82, 2.24) is 4.98 Å². The summed E-state index contributed by atoms with van der Waals surface area (Å²) in [6, 6.07) is 7.03. The van der Waals surface area contributed by atoms with E-state index in [0.29, 0.717) is 0 Å². The van der Waals surface area contributed by atoms with Gasteiger partial charge in [0, 0.05) is 11.9 Å². The lowest BCUT2D eigenvalue weighted by Gasteiger charge is -2.17. The summed E-state index contributed by atoms with van der Waals surface area (Å²) >= 11 is 5.86. The fourth-order valence-corrected chi connectivity index (χ4v) is 2.61. The lowest BCUT2D eigenvalue weighted by atomic mass is 10.0. The molecule has 0 aliphatic carbocycles. The summed E-state index contributed by atoms with van der Waals surface area (Å²) in [5, 5.41) is 2.85. The van der Waals surface area contributed by atoms with Crippen molar-refractivity contribution in [3.05, 3.63) is 57.9 Å². The Morgan fingerprint density at radius 3 is 2.42 bits per heavy atom. The second kappa shape index (κ2) is 7.45. The van der Waals surface area contributed by atoms with Gasteiger partial charge in [-0.05, 0) is 51.0 Å². The van der Waals surface area contributed by atoms with Gasteiger partial charge in [-0.15, -0.1) is 0 Å². The molecule has 0 unspecified atom stereocenters. The molecule has 0 fully saturated rings. The van der Waals surface area contributed by atoms with Crippen LogP contribution in [0.15, 0.2) is 30.5 Å². The van der Waals surface area contributed by atoms with Gasteiger partial charge >= 0.3 is 5.97 Å². The molecular weight excluding hydrogens is 328 g/mol. The van der Waals surface area contributed by atoms with Crippen LogP contribution in [0.4, 0.5) is 5.69 Å². The van der Waals surface area contributed by atoms with E-state index in [1.165, 1.54) is 19.2 Å². The number of ether oxygens (including phenoxy) is 1. The van der Waals surface area contributed by atoms with Crippen LogP contribution in [0, 0.1) is 20.8 Å². The summed E-state index contributed by atoms with van der Waals surface area (Å²) in [6.45, 7) is 7.34. The van der Waals surface area contributed by atoms with Crippen LogP contribution in [-0.2, 0) is 9.53 Å². The highest BCUT2D eigenvalue weighted by Crippen LogP contribution is 2.22. The predicted octanol–water partition coefficient (Wildman–Crippen LogP) is 3.84. The van der Waals surface area contributed by atoms with Gasteiger partial charge in [-0.3, -0.25) is 4.79 Å². The number of aryl methyl sites for hydroxylation is 3. The highest BCUT2D eigenvalue weighted by molar-refractivity contribution is 6.32. The zero-order valence-corrected chi connectivity index (χ0v) is 14.8. The molecule has 2 aromatic rings. The molecule has 1 amide bonds. The minimum absolute atomic E-state index is 0.0420. The number of amides is 1. The monoisotopic (exact) mass is 346 g/mol. The molecule has 0 saturated carbocycles. The van der Waals surface area contributed by atoms with Crippen molar-refractivity contribution in [3.8, 4) is 0 Å². The molecule has 0 radical (unpaired) electrons. The number of hydrogen-bond acceptors (Lipinski definition) is 4. The number of rotatable bonds is 4. The van der Waals surface area contributed by atoms with Crippen LogP contribution in [0.2, 0.25) is 5.15 Å². The molecule has 1 atom stereocenters. The Morgan fingerprint density at radius 1 is 1.21 bits per heavy atom. The lowest BCUT2D eigenvalue weighted by Crippen LogP contribution is -2.30. The van der Waals surface area contributed by atoms with Crippen molar-refractivity contribution in [3.63, 3.8) is 0 Å². The second-order valence-electron chi connectivity index (χ2n) is 5.65. The maximum absolute atomic E-state index is 12.3. The number of carbonyl (C=O) groups is 2. The van der Waals surface area contributed by atoms with Gasteiger partial charge in [0.1, 0.15) is 5.15 Å². The number of anilines is 1. The Hall–Kier alpha value is -2.40. The Labute approximate surface area is 146 Å². The molecule has 1 aromatic carbocycles. The molecular formula is C18H19ClN2O3. The third-order valence-corrected chi connectivity index (χ3v) is 3.86. The van der Waals surface area contributed by atoms with Crippen LogP contribution < -0.4 is 5.32 Å². The first-order valence-corrected chi connectivity index (χ1v) is 7.87. The van der Waals surface area contributed by atoms with Crippen molar-refractivity contribution in [2.75, 3.05) is 5.32 Å². The van der Waals surface area contributed by atoms with E-state index in [1.807, 2.05) is 32.9 Å². The number of pyridine rings is 1. The average molecular weight is 347 g/mol. The number of nitrogens with one attached hydrogen (secondary N) is 1. The van der Waals surface area contributed by atoms with E-state index in [9.17, 15) is 9.59 Å². The van der Waals surface area contributed by atoms with Gasteiger partial charge in [0.05, 0.1) is 5.56 Å². The maximum atomic E-state index is 12.3. The smallest absolute Gasteiger partial charge is 0.342 e. The third kappa shape index (κ3) is 4.11. The van der Waals surface area contributed by atoms with Gasteiger partial charge < -0.3 is 10.1 Å². The normalized spacial score (nSPS) is 11.7. The number of esters is 1. The number of carbonyl (C=O) groups excluding carboxylic acids is 2. The molecule has 0 saturated heterocycles. The van der Waals surface area contributed by atoms with E-state index in [-0.39, 0.29) is 10.7 Å². The van der Waals surface area contributed by atoms with Crippen LogP contribution in [0.25, 0.3) is 0 Å². The van der Waals surface area contributed by atoms with E-state index < -0.39 is 18.0 Å². The molecule has 1 N–H and O–H groups in total. The van der Waals surface area contributed by atoms with E-state index in [4.69, 9.17) is 16.3 Å². The summed E-state index contributed by atoms with van der Waals surface area (Å²) in [5.74, 6) is -1.09. The Balaban J connectivity index is 2.08. The van der Waals surface area contributed by atoms with Gasteiger partial charge in [0.25, 0.3) is 5.91 Å². The highest BCUT2D eigenvalue weighted by Gasteiger charge is 2.21. The highest BCUT2D eigenvalue weighted by atomic mass is 35.5. The van der Waals surface area contributed by atoms with Crippen molar-refractivity contribution in [2.24, 2.45) is 0 Å². The first kappa shape index (κ1) is 17.9. The third-order valence-electron chi connectivity index (χ3n) is 3.56. The summed E-state index contributed by atoms with van der Waals surface area (Å²) in [4.78, 5) is 28.2. The zero-order chi connectivity index (χ0) is 17.9. The van der Waals surface area contributed by atoms with Gasteiger partial charge in [-0.25, -0.2) is 9.78 Å². The van der Waals surface area contributed by atoms with Crippen LogP contribution in [0.1, 0.15) is 34.0 Å². The molecule has 0 aliphatic heterocycles. The predicted molar refractivity (Wildman–Crippen MR) is 93.4 cm³/mol. The van der Waals surface area contributed by atoms with E-state index in [1.54, 1.807) is 6.07 Å². The zero-order valence-electron chi connectivity index (χ0n) is 14.0. The Bertz CT molecular complexity index is 767. The lowest BCUT2D eigenvalue weighted by molar-refractivity contribution is -0.123. The largest absolute Gasteiger partial charge is 0.449 e. The SMILES string of the molecule is Cc1cc(C)c(NC(=O)[C@@H](C)OC(=O)c2cccnc2Cl)c(C)c1. The van der Waals surface area contributed by atoms with E-state index in [0.717, 1.165) is 22.4 Å². The quantitative estimate of drug-likeness (QED) is 0.674. The van der Waals surface area contributed by atoms with Crippen LogP contribution in [-0.4, -0.2) is 23.0 Å². The molecule has 0 spiro atoms. The van der Waals surface area contributed by atoms with Crippen LogP contribution >= 0.6 is 11.6 Å². The van der Waals surface area contributed by atoms with Gasteiger partial charge in [0.2, 0.25) is 0 Å². The Kier molecular flexibility index (Phi) is 5.57. The van der Waals surface area contributed by atoms with E-state index in [2.05, 4.69) is 10.3 Å². The average Bonchev–Trinajstić information content (AvgIpc) is 2.50. The summed E-state index contributed by atoms with van der Waals surface area (Å²) in [5.41, 5.74) is 3.88. The molecule has 1 heterocycles. The summed E-state index contributed by atoms with van der Waals surface area (Å²) < 4.78 is 5.18. The van der Waals surface area contributed by atoms with Crippen molar-refractivity contribution in [1.29, 1.82) is 0 Å². The standard InChI is InChI=1S/C18H19ClN2O3/c1-10-8-11(2)15(12(3)9-10)21-17(22)13(4)24-18(23)14-6-5-7-20-16(14)19/h5-9,13H,1-4H3,(H,21,22)/t13-/m1/s1. The van der Waals surface area contributed by atoms with Crippen molar-refractivity contribution < 1.29 is 14.3 Å². The molecule has 1 aromatic heterocycles. The minimum Gasteiger partial charge on any atom is -0.449 e. The first-order chi connectivity index (χ1) is 11.3. The van der Waals surface area contributed by atoms with Crippen molar-refractivity contribution >= 4 is 29.2 Å². The molecule has 24 heavy (non-hydrogen) atoms.